The number of thiazole rings is 1. The number of sulfonamides is 1. The number of para-hydroxylation sites is 1. The number of hydrogen-bond acceptors (Lipinski definition) is 6. The molecule has 31 heavy (non-hydrogen) atoms. The third-order valence-corrected chi connectivity index (χ3v) is 6.38. The van der Waals surface area contributed by atoms with Gasteiger partial charge in [0.25, 0.3) is 15.9 Å². The minimum Gasteiger partial charge on any atom is -0.298 e. The van der Waals surface area contributed by atoms with Gasteiger partial charge in [-0.25, -0.2) is 17.8 Å². The number of pyridine rings is 1. The van der Waals surface area contributed by atoms with Gasteiger partial charge >= 0.3 is 0 Å². The van der Waals surface area contributed by atoms with Crippen LogP contribution < -0.4 is 10.0 Å². The fourth-order valence-electron chi connectivity index (χ4n) is 2.74. The second-order valence-electron chi connectivity index (χ2n) is 6.33. The molecule has 0 bridgehead atoms. The fourth-order valence-corrected chi connectivity index (χ4v) is 4.53. The zero-order valence-electron chi connectivity index (χ0n) is 15.8. The summed E-state index contributed by atoms with van der Waals surface area (Å²) in [6.07, 6.45) is 3.30. The molecule has 0 fully saturated rings. The summed E-state index contributed by atoms with van der Waals surface area (Å²) in [7, 11) is -4.01. The molecular formula is C21H15FN4O3S2. The normalized spacial score (nSPS) is 11.1. The van der Waals surface area contributed by atoms with Gasteiger partial charge in [0.05, 0.1) is 21.8 Å². The SMILES string of the molecule is O=C(Nc1nc(-c2ccncc2)cs1)c1ccccc1NS(=O)(=O)c1ccc(F)cc1. The first-order valence-electron chi connectivity index (χ1n) is 8.97. The maximum absolute atomic E-state index is 13.1. The van der Waals surface area contributed by atoms with Crippen molar-refractivity contribution in [3.05, 3.63) is 89.8 Å². The van der Waals surface area contributed by atoms with E-state index >= 15 is 0 Å². The highest BCUT2D eigenvalue weighted by molar-refractivity contribution is 7.92. The second kappa shape index (κ2) is 8.62. The molecule has 0 unspecified atom stereocenters. The van der Waals surface area contributed by atoms with Crippen molar-refractivity contribution in [2.45, 2.75) is 4.90 Å². The van der Waals surface area contributed by atoms with Crippen LogP contribution >= 0.6 is 11.3 Å². The number of carbonyl (C=O) groups is 1. The average molecular weight is 455 g/mol. The second-order valence-corrected chi connectivity index (χ2v) is 8.87. The van der Waals surface area contributed by atoms with Gasteiger partial charge < -0.3 is 0 Å². The van der Waals surface area contributed by atoms with Crippen LogP contribution in [-0.2, 0) is 10.0 Å². The van der Waals surface area contributed by atoms with Gasteiger partial charge in [0.2, 0.25) is 0 Å². The molecule has 0 aliphatic heterocycles. The number of aromatic nitrogens is 2. The molecule has 4 aromatic rings. The van der Waals surface area contributed by atoms with Gasteiger partial charge in [-0.3, -0.25) is 19.8 Å². The number of halogens is 1. The van der Waals surface area contributed by atoms with E-state index in [0.29, 0.717) is 10.8 Å². The lowest BCUT2D eigenvalue weighted by Gasteiger charge is -2.12. The van der Waals surface area contributed by atoms with Crippen LogP contribution in [0.15, 0.2) is 83.3 Å². The zero-order chi connectivity index (χ0) is 21.8. The Morgan fingerprint density at radius 1 is 0.968 bits per heavy atom. The molecule has 10 heteroatoms. The third kappa shape index (κ3) is 4.76. The molecule has 0 aliphatic rings. The van der Waals surface area contributed by atoms with E-state index in [0.717, 1.165) is 29.8 Å². The van der Waals surface area contributed by atoms with Crippen LogP contribution in [0.2, 0.25) is 0 Å². The first kappa shape index (κ1) is 20.6. The van der Waals surface area contributed by atoms with Crippen molar-refractivity contribution < 1.29 is 17.6 Å². The van der Waals surface area contributed by atoms with E-state index < -0.39 is 21.7 Å². The number of rotatable bonds is 6. The fraction of sp³-hybridized carbons (Fsp3) is 0. The number of benzene rings is 2. The summed E-state index contributed by atoms with van der Waals surface area (Å²) < 4.78 is 40.7. The van der Waals surface area contributed by atoms with Crippen molar-refractivity contribution in [3.8, 4) is 11.3 Å². The molecule has 0 radical (unpaired) electrons. The van der Waals surface area contributed by atoms with E-state index in [-0.39, 0.29) is 16.1 Å². The number of amides is 1. The van der Waals surface area contributed by atoms with Crippen LogP contribution in [0.1, 0.15) is 10.4 Å². The third-order valence-electron chi connectivity index (χ3n) is 4.24. The van der Waals surface area contributed by atoms with Crippen LogP contribution in [0.4, 0.5) is 15.2 Å². The number of nitrogens with one attached hydrogen (secondary N) is 2. The largest absolute Gasteiger partial charge is 0.298 e. The summed E-state index contributed by atoms with van der Waals surface area (Å²) in [6.45, 7) is 0. The Balaban J connectivity index is 1.55. The number of nitrogens with zero attached hydrogens (tertiary/aromatic N) is 2. The van der Waals surface area contributed by atoms with Gasteiger partial charge in [-0.05, 0) is 48.5 Å². The molecule has 0 saturated heterocycles. The monoisotopic (exact) mass is 454 g/mol. The van der Waals surface area contributed by atoms with Gasteiger partial charge in [-0.15, -0.1) is 11.3 Å². The van der Waals surface area contributed by atoms with Gasteiger partial charge in [-0.1, -0.05) is 12.1 Å². The summed E-state index contributed by atoms with van der Waals surface area (Å²) in [4.78, 5) is 21.0. The van der Waals surface area contributed by atoms with Crippen molar-refractivity contribution in [1.82, 2.24) is 9.97 Å². The quantitative estimate of drug-likeness (QED) is 0.450. The summed E-state index contributed by atoms with van der Waals surface area (Å²) >= 11 is 1.25. The Kier molecular flexibility index (Phi) is 5.74. The molecule has 2 aromatic heterocycles. The zero-order valence-corrected chi connectivity index (χ0v) is 17.5. The highest BCUT2D eigenvalue weighted by atomic mass is 32.2. The van der Waals surface area contributed by atoms with Gasteiger partial charge in [0, 0.05) is 23.3 Å². The number of anilines is 2. The van der Waals surface area contributed by atoms with Crippen molar-refractivity contribution in [2.24, 2.45) is 0 Å². The van der Waals surface area contributed by atoms with Crippen LogP contribution in [0.5, 0.6) is 0 Å². The van der Waals surface area contributed by atoms with Crippen LogP contribution in [0, 0.1) is 5.82 Å². The van der Waals surface area contributed by atoms with E-state index in [1.807, 2.05) is 0 Å². The molecular weight excluding hydrogens is 439 g/mol. The first-order valence-corrected chi connectivity index (χ1v) is 11.3. The molecule has 0 atom stereocenters. The molecule has 156 valence electrons. The Morgan fingerprint density at radius 3 is 2.42 bits per heavy atom. The lowest BCUT2D eigenvalue weighted by molar-refractivity contribution is 0.102. The minimum absolute atomic E-state index is 0.0928. The van der Waals surface area contributed by atoms with Gasteiger partial charge in [0.15, 0.2) is 5.13 Å². The molecule has 0 spiro atoms. The Labute approximate surface area is 181 Å². The van der Waals surface area contributed by atoms with E-state index in [4.69, 9.17) is 0 Å². The maximum atomic E-state index is 13.1. The molecule has 2 N–H and O–H groups in total. The highest BCUT2D eigenvalue weighted by Gasteiger charge is 2.19. The molecule has 4 rings (SSSR count). The average Bonchev–Trinajstić information content (AvgIpc) is 3.23. The van der Waals surface area contributed by atoms with Crippen molar-refractivity contribution in [2.75, 3.05) is 10.0 Å². The molecule has 2 aromatic carbocycles. The molecule has 0 saturated carbocycles. The smallest absolute Gasteiger partial charge is 0.261 e. The summed E-state index contributed by atoms with van der Waals surface area (Å²) in [5, 5.41) is 4.86. The molecule has 1 amide bonds. The number of carbonyl (C=O) groups excluding carboxylic acids is 1. The van der Waals surface area contributed by atoms with Crippen LogP contribution in [-0.4, -0.2) is 24.3 Å². The van der Waals surface area contributed by atoms with Gasteiger partial charge in [-0.2, -0.15) is 0 Å². The van der Waals surface area contributed by atoms with E-state index in [2.05, 4.69) is 20.0 Å². The summed E-state index contributed by atoms with van der Waals surface area (Å²) in [5.74, 6) is -1.07. The predicted octanol–water partition coefficient (Wildman–Crippen LogP) is 4.40. The summed E-state index contributed by atoms with van der Waals surface area (Å²) in [5.41, 5.74) is 1.76. The molecule has 0 aliphatic carbocycles. The van der Waals surface area contributed by atoms with Crippen molar-refractivity contribution >= 4 is 38.1 Å². The maximum Gasteiger partial charge on any atom is 0.261 e. The van der Waals surface area contributed by atoms with Crippen molar-refractivity contribution in [3.63, 3.8) is 0 Å². The Hall–Kier alpha value is -3.63. The van der Waals surface area contributed by atoms with E-state index in [1.165, 1.54) is 23.5 Å². The minimum atomic E-state index is -4.01. The van der Waals surface area contributed by atoms with Crippen molar-refractivity contribution in [1.29, 1.82) is 0 Å². The topological polar surface area (TPSA) is 101 Å². The van der Waals surface area contributed by atoms with Crippen LogP contribution in [0.3, 0.4) is 0 Å². The van der Waals surface area contributed by atoms with Gasteiger partial charge in [0.1, 0.15) is 5.82 Å². The summed E-state index contributed by atoms with van der Waals surface area (Å²) in [6, 6.07) is 14.2. The van der Waals surface area contributed by atoms with E-state index in [9.17, 15) is 17.6 Å². The lowest BCUT2D eigenvalue weighted by Crippen LogP contribution is -2.18. The van der Waals surface area contributed by atoms with Crippen LogP contribution in [0.25, 0.3) is 11.3 Å². The molecule has 2 heterocycles. The van der Waals surface area contributed by atoms with E-state index in [1.54, 1.807) is 42.0 Å². The molecule has 7 nitrogen and oxygen atoms in total. The predicted molar refractivity (Wildman–Crippen MR) is 117 cm³/mol. The Morgan fingerprint density at radius 2 is 1.68 bits per heavy atom. The standard InChI is InChI=1S/C21H15FN4O3S2/c22-15-5-7-16(8-6-15)31(28,29)26-18-4-2-1-3-17(18)20(27)25-21-24-19(13-30-21)14-9-11-23-12-10-14/h1-13,26H,(H,24,25,27). The highest BCUT2D eigenvalue weighted by Crippen LogP contribution is 2.26. The lowest BCUT2D eigenvalue weighted by atomic mass is 10.2. The number of hydrogen-bond donors (Lipinski definition) is 2. The Bertz CT molecular complexity index is 1320. The first-order chi connectivity index (χ1) is 14.9.